The average Bonchev–Trinajstić information content (AvgIpc) is 2.81. The minimum absolute atomic E-state index is 0.829. The van der Waals surface area contributed by atoms with Crippen LogP contribution < -0.4 is 9.80 Å². The normalized spacial score (nSPS) is 14.3. The van der Waals surface area contributed by atoms with E-state index in [1.54, 1.807) is 0 Å². The molecule has 156 valence electrons. The van der Waals surface area contributed by atoms with Gasteiger partial charge in [-0.05, 0) is 50.1 Å². The molecule has 2 heterocycles. The van der Waals surface area contributed by atoms with Crippen molar-refractivity contribution in [1.82, 2.24) is 9.97 Å². The van der Waals surface area contributed by atoms with Crippen molar-refractivity contribution in [2.75, 3.05) is 36.0 Å². The molecule has 0 saturated carbocycles. The Morgan fingerprint density at radius 3 is 2.23 bits per heavy atom. The highest BCUT2D eigenvalue weighted by molar-refractivity contribution is 5.93. The zero-order valence-electron chi connectivity index (χ0n) is 18.5. The summed E-state index contributed by atoms with van der Waals surface area (Å²) in [5, 5.41) is 1.11. The van der Waals surface area contributed by atoms with Crippen molar-refractivity contribution in [2.45, 2.75) is 20.8 Å². The second-order valence-electron chi connectivity index (χ2n) is 8.45. The van der Waals surface area contributed by atoms with Gasteiger partial charge in [-0.1, -0.05) is 54.1 Å². The lowest BCUT2D eigenvalue weighted by Gasteiger charge is -2.37. The third-order valence-corrected chi connectivity index (χ3v) is 6.37. The van der Waals surface area contributed by atoms with E-state index in [-0.39, 0.29) is 0 Å². The number of piperazine rings is 1. The van der Waals surface area contributed by atoms with Gasteiger partial charge in [-0.2, -0.15) is 0 Å². The van der Waals surface area contributed by atoms with Crippen LogP contribution in [0.5, 0.6) is 0 Å². The predicted octanol–water partition coefficient (Wildman–Crippen LogP) is 5.55. The van der Waals surface area contributed by atoms with Gasteiger partial charge in [0.05, 0.1) is 11.2 Å². The molecule has 0 spiro atoms. The van der Waals surface area contributed by atoms with Gasteiger partial charge in [-0.25, -0.2) is 9.97 Å². The summed E-state index contributed by atoms with van der Waals surface area (Å²) in [5.41, 5.74) is 8.45. The highest BCUT2D eigenvalue weighted by Crippen LogP contribution is 2.30. The molecule has 0 N–H and O–H groups in total. The van der Waals surface area contributed by atoms with Crippen molar-refractivity contribution in [3.8, 4) is 11.3 Å². The van der Waals surface area contributed by atoms with Gasteiger partial charge in [0.1, 0.15) is 0 Å². The number of hydrogen-bond donors (Lipinski definition) is 0. The molecule has 0 bridgehead atoms. The summed E-state index contributed by atoms with van der Waals surface area (Å²) in [6, 6.07) is 23.5. The number of fused-ring (bicyclic) bond motifs is 1. The Kier molecular flexibility index (Phi) is 5.06. The molecule has 3 aromatic carbocycles. The zero-order chi connectivity index (χ0) is 21.4. The van der Waals surface area contributed by atoms with Crippen LogP contribution in [-0.2, 0) is 0 Å². The molecule has 1 fully saturated rings. The fraction of sp³-hybridized carbons (Fsp3) is 0.259. The number of aromatic nitrogens is 2. The molecule has 0 radical (unpaired) electrons. The molecule has 4 heteroatoms. The van der Waals surface area contributed by atoms with Gasteiger partial charge in [0.15, 0.2) is 0 Å². The van der Waals surface area contributed by atoms with Gasteiger partial charge in [-0.3, -0.25) is 0 Å². The highest BCUT2D eigenvalue weighted by atomic mass is 15.3. The lowest BCUT2D eigenvalue weighted by Crippen LogP contribution is -2.47. The van der Waals surface area contributed by atoms with Crippen molar-refractivity contribution < 1.29 is 0 Å². The molecular weight excluding hydrogens is 380 g/mol. The first-order valence-electron chi connectivity index (χ1n) is 11.0. The molecule has 0 amide bonds. The SMILES string of the molecule is Cc1ccc2nc(N3CCN(c4cccc(C)c4C)CC3)nc(-c3ccccc3)c2c1. The van der Waals surface area contributed by atoms with E-state index in [0.717, 1.165) is 54.3 Å². The summed E-state index contributed by atoms with van der Waals surface area (Å²) < 4.78 is 0. The molecule has 5 rings (SSSR count). The van der Waals surface area contributed by atoms with E-state index < -0.39 is 0 Å². The quantitative estimate of drug-likeness (QED) is 0.445. The molecule has 0 atom stereocenters. The molecule has 4 nitrogen and oxygen atoms in total. The van der Waals surface area contributed by atoms with Crippen LogP contribution in [0, 0.1) is 20.8 Å². The summed E-state index contributed by atoms with van der Waals surface area (Å²) in [6.45, 7) is 10.3. The van der Waals surface area contributed by atoms with Crippen LogP contribution in [0.3, 0.4) is 0 Å². The molecular formula is C27H28N4. The topological polar surface area (TPSA) is 32.3 Å². The van der Waals surface area contributed by atoms with Crippen molar-refractivity contribution in [3.63, 3.8) is 0 Å². The van der Waals surface area contributed by atoms with Crippen LogP contribution >= 0.6 is 0 Å². The maximum atomic E-state index is 5.06. The van der Waals surface area contributed by atoms with Gasteiger partial charge in [0, 0.05) is 42.8 Å². The Hall–Kier alpha value is -3.40. The standard InChI is InChI=1S/C27H28N4/c1-19-12-13-24-23(18-19)26(22-9-5-4-6-10-22)29-27(28-24)31-16-14-30(15-17-31)25-11-7-8-20(2)21(25)3/h4-13,18H,14-17H2,1-3H3. The van der Waals surface area contributed by atoms with Gasteiger partial charge >= 0.3 is 0 Å². The molecule has 1 saturated heterocycles. The number of rotatable bonds is 3. The fourth-order valence-corrected chi connectivity index (χ4v) is 4.41. The molecule has 0 unspecified atom stereocenters. The summed E-state index contributed by atoms with van der Waals surface area (Å²) in [5.74, 6) is 0.829. The number of benzene rings is 3. The molecule has 1 aromatic heterocycles. The minimum atomic E-state index is 0.829. The van der Waals surface area contributed by atoms with Gasteiger partial charge in [0.25, 0.3) is 0 Å². The maximum absolute atomic E-state index is 5.06. The Bertz CT molecular complexity index is 1220. The summed E-state index contributed by atoms with van der Waals surface area (Å²) in [4.78, 5) is 14.8. The fourth-order valence-electron chi connectivity index (χ4n) is 4.41. The van der Waals surface area contributed by atoms with Crippen molar-refractivity contribution in [3.05, 3.63) is 83.4 Å². The molecule has 31 heavy (non-hydrogen) atoms. The third-order valence-electron chi connectivity index (χ3n) is 6.37. The maximum Gasteiger partial charge on any atom is 0.226 e. The van der Waals surface area contributed by atoms with E-state index in [4.69, 9.17) is 9.97 Å². The first-order chi connectivity index (χ1) is 15.1. The summed E-state index contributed by atoms with van der Waals surface area (Å²) in [7, 11) is 0. The minimum Gasteiger partial charge on any atom is -0.368 e. The Labute approximate surface area is 184 Å². The lowest BCUT2D eigenvalue weighted by atomic mass is 10.0. The number of anilines is 2. The van der Waals surface area contributed by atoms with Crippen LogP contribution in [0.25, 0.3) is 22.2 Å². The van der Waals surface area contributed by atoms with Crippen LogP contribution in [-0.4, -0.2) is 36.1 Å². The van der Waals surface area contributed by atoms with Gasteiger partial charge in [-0.15, -0.1) is 0 Å². The highest BCUT2D eigenvalue weighted by Gasteiger charge is 2.22. The second-order valence-corrected chi connectivity index (χ2v) is 8.45. The van der Waals surface area contributed by atoms with Crippen molar-refractivity contribution in [2.24, 2.45) is 0 Å². The summed E-state index contributed by atoms with van der Waals surface area (Å²) in [6.07, 6.45) is 0. The first-order valence-corrected chi connectivity index (χ1v) is 11.0. The van der Waals surface area contributed by atoms with Gasteiger partial charge < -0.3 is 9.80 Å². The van der Waals surface area contributed by atoms with Crippen molar-refractivity contribution in [1.29, 1.82) is 0 Å². The Balaban J connectivity index is 1.47. The van der Waals surface area contributed by atoms with Crippen LogP contribution in [0.1, 0.15) is 16.7 Å². The number of aryl methyl sites for hydroxylation is 2. The summed E-state index contributed by atoms with van der Waals surface area (Å²) >= 11 is 0. The number of nitrogens with zero attached hydrogens (tertiary/aromatic N) is 4. The van der Waals surface area contributed by atoms with Crippen LogP contribution in [0.2, 0.25) is 0 Å². The zero-order valence-corrected chi connectivity index (χ0v) is 18.5. The molecule has 1 aliphatic heterocycles. The largest absolute Gasteiger partial charge is 0.368 e. The molecule has 0 aliphatic carbocycles. The third kappa shape index (κ3) is 3.74. The molecule has 1 aliphatic rings. The van der Waals surface area contributed by atoms with E-state index in [9.17, 15) is 0 Å². The lowest BCUT2D eigenvalue weighted by molar-refractivity contribution is 0.640. The number of hydrogen-bond acceptors (Lipinski definition) is 4. The Morgan fingerprint density at radius 2 is 1.45 bits per heavy atom. The van der Waals surface area contributed by atoms with E-state index in [2.05, 4.69) is 91.2 Å². The predicted molar refractivity (Wildman–Crippen MR) is 130 cm³/mol. The van der Waals surface area contributed by atoms with Gasteiger partial charge in [0.2, 0.25) is 5.95 Å². The van der Waals surface area contributed by atoms with E-state index >= 15 is 0 Å². The van der Waals surface area contributed by atoms with Crippen LogP contribution in [0.4, 0.5) is 11.6 Å². The second kappa shape index (κ2) is 8.03. The van der Waals surface area contributed by atoms with E-state index in [1.807, 2.05) is 6.07 Å². The Morgan fingerprint density at radius 1 is 0.710 bits per heavy atom. The van der Waals surface area contributed by atoms with E-state index in [0.29, 0.717) is 0 Å². The van der Waals surface area contributed by atoms with Crippen molar-refractivity contribution >= 4 is 22.5 Å². The molecule has 4 aromatic rings. The average molecular weight is 409 g/mol. The van der Waals surface area contributed by atoms with Crippen LogP contribution in [0.15, 0.2) is 66.7 Å². The van der Waals surface area contributed by atoms with E-state index in [1.165, 1.54) is 22.4 Å². The smallest absolute Gasteiger partial charge is 0.226 e. The first kappa shape index (κ1) is 19.6. The monoisotopic (exact) mass is 408 g/mol.